The molecule has 0 saturated carbocycles. The molecule has 214 valence electrons. The van der Waals surface area contributed by atoms with Gasteiger partial charge < -0.3 is 24.7 Å². The Morgan fingerprint density at radius 1 is 1.00 bits per heavy atom. The molecule has 10 heteroatoms. The van der Waals surface area contributed by atoms with E-state index in [-0.39, 0.29) is 5.70 Å². The number of urea groups is 1. The number of carbonyl (C=O) groups is 3. The maximum absolute atomic E-state index is 13.1. The SMILES string of the molecule is COc1ccccc1NC(=O)CN1C(=O)N/C(=C/c2cc(C)n(-c3ccc(OCc4ccc(Br)cc4)cc3)c2C)C1=O. The summed E-state index contributed by atoms with van der Waals surface area (Å²) in [6.07, 6.45) is 1.63. The van der Waals surface area contributed by atoms with Crippen molar-refractivity contribution in [1.29, 1.82) is 0 Å². The van der Waals surface area contributed by atoms with Crippen molar-refractivity contribution in [3.63, 3.8) is 0 Å². The largest absolute Gasteiger partial charge is 0.495 e. The van der Waals surface area contributed by atoms with Crippen molar-refractivity contribution < 1.29 is 23.9 Å². The van der Waals surface area contributed by atoms with E-state index in [0.717, 1.165) is 43.3 Å². The Balaban J connectivity index is 1.27. The van der Waals surface area contributed by atoms with E-state index < -0.39 is 24.4 Å². The van der Waals surface area contributed by atoms with Gasteiger partial charge in [0.1, 0.15) is 30.3 Å². The quantitative estimate of drug-likeness (QED) is 0.175. The molecule has 1 aliphatic heterocycles. The normalized spacial score (nSPS) is 13.8. The van der Waals surface area contributed by atoms with E-state index in [4.69, 9.17) is 9.47 Å². The average Bonchev–Trinajstić information content (AvgIpc) is 3.41. The summed E-state index contributed by atoms with van der Waals surface area (Å²) < 4.78 is 14.3. The molecule has 0 radical (unpaired) electrons. The lowest BCUT2D eigenvalue weighted by Gasteiger charge is -2.13. The Bertz CT molecular complexity index is 1680. The summed E-state index contributed by atoms with van der Waals surface area (Å²) >= 11 is 3.44. The number of benzene rings is 3. The van der Waals surface area contributed by atoms with Crippen LogP contribution in [0.5, 0.6) is 11.5 Å². The standard InChI is InChI=1S/C32H29BrN4O5/c1-20-16-23(21(2)37(20)25-12-14-26(15-13-25)42-19-22-8-10-24(33)11-9-22)17-28-31(39)36(32(40)35-28)18-30(38)34-27-6-4-5-7-29(27)41-3/h4-17H,18-19H2,1-3H3,(H,34,38)(H,35,40)/b28-17+. The lowest BCUT2D eigenvalue weighted by atomic mass is 10.2. The van der Waals surface area contributed by atoms with Gasteiger partial charge in [-0.25, -0.2) is 9.69 Å². The highest BCUT2D eigenvalue weighted by Gasteiger charge is 2.35. The number of halogens is 1. The van der Waals surface area contributed by atoms with Crippen molar-refractivity contribution >= 4 is 45.5 Å². The molecule has 0 aliphatic carbocycles. The first-order valence-electron chi connectivity index (χ1n) is 13.2. The second kappa shape index (κ2) is 12.4. The first-order valence-corrected chi connectivity index (χ1v) is 14.0. The fourth-order valence-corrected chi connectivity index (χ4v) is 4.99. The van der Waals surface area contributed by atoms with Crippen molar-refractivity contribution in [2.24, 2.45) is 0 Å². The zero-order valence-corrected chi connectivity index (χ0v) is 24.9. The molecule has 1 aromatic heterocycles. The van der Waals surface area contributed by atoms with Gasteiger partial charge >= 0.3 is 6.03 Å². The zero-order valence-electron chi connectivity index (χ0n) is 23.3. The first kappa shape index (κ1) is 28.7. The van der Waals surface area contributed by atoms with Crippen molar-refractivity contribution in [2.75, 3.05) is 19.0 Å². The second-order valence-electron chi connectivity index (χ2n) is 9.70. The third-order valence-corrected chi connectivity index (χ3v) is 7.36. The van der Waals surface area contributed by atoms with E-state index in [1.807, 2.05) is 68.4 Å². The predicted octanol–water partition coefficient (Wildman–Crippen LogP) is 5.98. The number of methoxy groups -OCH3 is 1. The Hall–Kier alpha value is -4.83. The van der Waals surface area contributed by atoms with Crippen molar-refractivity contribution in [2.45, 2.75) is 20.5 Å². The summed E-state index contributed by atoms with van der Waals surface area (Å²) in [6, 6.07) is 23.9. The van der Waals surface area contributed by atoms with E-state index in [0.29, 0.717) is 18.0 Å². The molecular weight excluding hydrogens is 600 g/mol. The number of carbonyl (C=O) groups excluding carboxylic acids is 3. The zero-order chi connectivity index (χ0) is 29.8. The fraction of sp³-hybridized carbons (Fsp3) is 0.156. The number of nitrogens with one attached hydrogen (secondary N) is 2. The van der Waals surface area contributed by atoms with E-state index in [1.54, 1.807) is 30.3 Å². The molecule has 0 atom stereocenters. The molecule has 1 saturated heterocycles. The number of nitrogens with zero attached hydrogens (tertiary/aromatic N) is 2. The van der Waals surface area contributed by atoms with E-state index >= 15 is 0 Å². The molecule has 42 heavy (non-hydrogen) atoms. The topological polar surface area (TPSA) is 102 Å². The molecule has 4 amide bonds. The van der Waals surface area contributed by atoms with Crippen LogP contribution < -0.4 is 20.1 Å². The minimum atomic E-state index is -0.658. The fourth-order valence-electron chi connectivity index (χ4n) is 4.72. The minimum absolute atomic E-state index is 0.0991. The summed E-state index contributed by atoms with van der Waals surface area (Å²) in [5, 5.41) is 5.28. The molecule has 2 N–H and O–H groups in total. The molecule has 0 spiro atoms. The van der Waals surface area contributed by atoms with Crippen LogP contribution in [0.4, 0.5) is 10.5 Å². The van der Waals surface area contributed by atoms with Gasteiger partial charge in [0.05, 0.1) is 12.8 Å². The smallest absolute Gasteiger partial charge is 0.329 e. The van der Waals surface area contributed by atoms with Crippen LogP contribution in [0, 0.1) is 13.8 Å². The Morgan fingerprint density at radius 2 is 1.71 bits per heavy atom. The Morgan fingerprint density at radius 3 is 2.43 bits per heavy atom. The van der Waals surface area contributed by atoms with Gasteiger partial charge in [-0.05, 0) is 85.6 Å². The minimum Gasteiger partial charge on any atom is -0.495 e. The highest BCUT2D eigenvalue weighted by molar-refractivity contribution is 9.10. The molecule has 0 unspecified atom stereocenters. The number of rotatable bonds is 9. The number of aromatic nitrogens is 1. The number of ether oxygens (including phenoxy) is 2. The number of anilines is 1. The van der Waals surface area contributed by atoms with Gasteiger partial charge in [-0.3, -0.25) is 9.59 Å². The van der Waals surface area contributed by atoms with Gasteiger partial charge in [0.25, 0.3) is 5.91 Å². The van der Waals surface area contributed by atoms with Crippen LogP contribution in [0.3, 0.4) is 0 Å². The van der Waals surface area contributed by atoms with Crippen LogP contribution >= 0.6 is 15.9 Å². The van der Waals surface area contributed by atoms with Crippen molar-refractivity contribution in [3.8, 4) is 17.2 Å². The maximum Gasteiger partial charge on any atom is 0.329 e. The molecule has 1 aliphatic rings. The number of para-hydroxylation sites is 2. The molecule has 9 nitrogen and oxygen atoms in total. The molecule has 2 heterocycles. The molecule has 3 aromatic carbocycles. The van der Waals surface area contributed by atoms with Gasteiger partial charge in [-0.1, -0.05) is 40.2 Å². The van der Waals surface area contributed by atoms with Gasteiger partial charge in [-0.2, -0.15) is 0 Å². The maximum atomic E-state index is 13.1. The number of aryl methyl sites for hydroxylation is 1. The van der Waals surface area contributed by atoms with Crippen LogP contribution in [-0.2, 0) is 16.2 Å². The van der Waals surface area contributed by atoms with Crippen LogP contribution in [-0.4, -0.2) is 41.0 Å². The van der Waals surface area contributed by atoms with Crippen LogP contribution in [0.2, 0.25) is 0 Å². The molecule has 0 bridgehead atoms. The van der Waals surface area contributed by atoms with Gasteiger partial charge in [0.2, 0.25) is 5.91 Å². The summed E-state index contributed by atoms with van der Waals surface area (Å²) in [6.45, 7) is 3.94. The highest BCUT2D eigenvalue weighted by atomic mass is 79.9. The highest BCUT2D eigenvalue weighted by Crippen LogP contribution is 2.26. The Labute approximate surface area is 251 Å². The van der Waals surface area contributed by atoms with Crippen molar-refractivity contribution in [3.05, 3.63) is 112 Å². The number of amides is 4. The van der Waals surface area contributed by atoms with Crippen LogP contribution in [0.25, 0.3) is 11.8 Å². The van der Waals surface area contributed by atoms with Gasteiger partial charge in [0, 0.05) is 21.5 Å². The van der Waals surface area contributed by atoms with E-state index in [1.165, 1.54) is 7.11 Å². The third-order valence-electron chi connectivity index (χ3n) is 6.83. The average molecular weight is 630 g/mol. The number of imide groups is 1. The molecular formula is C32H29BrN4O5. The monoisotopic (exact) mass is 628 g/mol. The second-order valence-corrected chi connectivity index (χ2v) is 10.6. The first-order chi connectivity index (χ1) is 20.2. The molecule has 4 aromatic rings. The predicted molar refractivity (Wildman–Crippen MR) is 164 cm³/mol. The third kappa shape index (κ3) is 6.23. The van der Waals surface area contributed by atoms with E-state index in [2.05, 4.69) is 31.1 Å². The lowest BCUT2D eigenvalue weighted by Crippen LogP contribution is -2.38. The summed E-state index contributed by atoms with van der Waals surface area (Å²) in [4.78, 5) is 39.2. The molecule has 1 fully saturated rings. The molecule has 5 rings (SSSR count). The van der Waals surface area contributed by atoms with Crippen LogP contribution in [0.1, 0.15) is 22.5 Å². The van der Waals surface area contributed by atoms with Gasteiger partial charge in [-0.15, -0.1) is 0 Å². The van der Waals surface area contributed by atoms with Gasteiger partial charge in [0.15, 0.2) is 0 Å². The lowest BCUT2D eigenvalue weighted by molar-refractivity contribution is -0.127. The summed E-state index contributed by atoms with van der Waals surface area (Å²) in [5.41, 5.74) is 5.16. The summed E-state index contributed by atoms with van der Waals surface area (Å²) in [7, 11) is 1.49. The summed E-state index contributed by atoms with van der Waals surface area (Å²) in [5.74, 6) is 0.126. The number of hydrogen-bond donors (Lipinski definition) is 2. The van der Waals surface area contributed by atoms with Crippen molar-refractivity contribution in [1.82, 2.24) is 14.8 Å². The van der Waals surface area contributed by atoms with Crippen LogP contribution in [0.15, 0.2) is 89.0 Å². The number of hydrogen-bond acceptors (Lipinski definition) is 5. The van der Waals surface area contributed by atoms with E-state index in [9.17, 15) is 14.4 Å². The Kier molecular flexibility index (Phi) is 8.44.